The van der Waals surface area contributed by atoms with Crippen LogP contribution in [0.1, 0.15) is 29.0 Å². The summed E-state index contributed by atoms with van der Waals surface area (Å²) >= 11 is 5.83. The normalized spacial score (nSPS) is 21.6. The summed E-state index contributed by atoms with van der Waals surface area (Å²) in [6.45, 7) is 6.14. The highest BCUT2D eigenvalue weighted by atomic mass is 32.1. The summed E-state index contributed by atoms with van der Waals surface area (Å²) < 4.78 is 7.81. The maximum atomic E-state index is 5.83. The highest BCUT2D eigenvalue weighted by Gasteiger charge is 2.41. The third kappa shape index (κ3) is 4.53. The third-order valence-electron chi connectivity index (χ3n) is 6.20. The number of hydrogen-bond acceptors (Lipinski definition) is 5. The molecule has 5 rings (SSSR count). The van der Waals surface area contributed by atoms with Gasteiger partial charge in [-0.15, -0.1) is 0 Å². The Hall–Kier alpha value is -2.81. The molecule has 0 aliphatic carbocycles. The molecule has 1 N–H and O–H groups in total. The first kappa shape index (κ1) is 21.1. The molecule has 8 heteroatoms. The second-order valence-corrected chi connectivity index (χ2v) is 8.58. The summed E-state index contributed by atoms with van der Waals surface area (Å²) in [5.41, 5.74) is 3.40. The van der Waals surface area contributed by atoms with Gasteiger partial charge < -0.3 is 19.5 Å². The molecule has 166 valence electrons. The van der Waals surface area contributed by atoms with Gasteiger partial charge >= 0.3 is 0 Å². The number of pyridine rings is 2. The van der Waals surface area contributed by atoms with Crippen molar-refractivity contribution in [3.8, 4) is 0 Å². The fraction of sp³-hybridized carbons (Fsp3) is 0.375. The van der Waals surface area contributed by atoms with Gasteiger partial charge in [-0.3, -0.25) is 14.9 Å². The van der Waals surface area contributed by atoms with Gasteiger partial charge in [-0.2, -0.15) is 0 Å². The number of hydrogen-bond donors (Lipinski definition) is 1. The molecule has 2 atom stereocenters. The minimum atomic E-state index is -0.00376. The molecule has 3 aromatic rings. The van der Waals surface area contributed by atoms with Gasteiger partial charge in [0, 0.05) is 63.2 Å². The van der Waals surface area contributed by atoms with Crippen LogP contribution in [-0.4, -0.2) is 68.8 Å². The maximum absolute atomic E-state index is 5.83. The maximum Gasteiger partial charge on any atom is 0.170 e. The molecule has 2 fully saturated rings. The predicted molar refractivity (Wildman–Crippen MR) is 127 cm³/mol. The van der Waals surface area contributed by atoms with E-state index in [9.17, 15) is 0 Å². The molecule has 0 radical (unpaired) electrons. The van der Waals surface area contributed by atoms with Crippen molar-refractivity contribution in [1.82, 2.24) is 29.7 Å². The fourth-order valence-corrected chi connectivity index (χ4v) is 4.90. The highest BCUT2D eigenvalue weighted by Crippen LogP contribution is 2.38. The van der Waals surface area contributed by atoms with Gasteiger partial charge in [0.05, 0.1) is 31.0 Å². The van der Waals surface area contributed by atoms with Gasteiger partial charge in [0.2, 0.25) is 0 Å². The van der Waals surface area contributed by atoms with Crippen molar-refractivity contribution in [3.63, 3.8) is 0 Å². The van der Waals surface area contributed by atoms with E-state index in [4.69, 9.17) is 17.0 Å². The van der Waals surface area contributed by atoms with Crippen LogP contribution in [0, 0.1) is 0 Å². The SMILES string of the molecule is S=C1N[C@H](c2ccccn2)[C@H](c2cccn2Cc2cccnc2)N1CCN1CCOCC1. The molecule has 0 bridgehead atoms. The van der Waals surface area contributed by atoms with Crippen LogP contribution in [0.5, 0.6) is 0 Å². The van der Waals surface area contributed by atoms with Gasteiger partial charge in [-0.25, -0.2) is 0 Å². The van der Waals surface area contributed by atoms with Crippen LogP contribution in [-0.2, 0) is 11.3 Å². The van der Waals surface area contributed by atoms with E-state index in [1.807, 2.05) is 36.8 Å². The predicted octanol–water partition coefficient (Wildman–Crippen LogP) is 2.63. The minimum Gasteiger partial charge on any atom is -0.379 e. The summed E-state index contributed by atoms with van der Waals surface area (Å²) in [5, 5.41) is 4.35. The lowest BCUT2D eigenvalue weighted by molar-refractivity contribution is 0.0349. The van der Waals surface area contributed by atoms with Crippen LogP contribution in [0.2, 0.25) is 0 Å². The van der Waals surface area contributed by atoms with E-state index in [-0.39, 0.29) is 12.1 Å². The Balaban J connectivity index is 1.44. The van der Waals surface area contributed by atoms with Gasteiger partial charge in [-0.1, -0.05) is 12.1 Å². The van der Waals surface area contributed by atoms with Crippen LogP contribution < -0.4 is 5.32 Å². The Morgan fingerprint density at radius 3 is 2.72 bits per heavy atom. The van der Waals surface area contributed by atoms with Crippen molar-refractivity contribution in [1.29, 1.82) is 0 Å². The summed E-state index contributed by atoms with van der Waals surface area (Å²) in [6.07, 6.45) is 7.72. The molecule has 2 aliphatic rings. The van der Waals surface area contributed by atoms with Gasteiger partial charge in [-0.05, 0) is 48.1 Å². The third-order valence-corrected chi connectivity index (χ3v) is 6.55. The average molecular weight is 449 g/mol. The summed E-state index contributed by atoms with van der Waals surface area (Å²) in [6, 6.07) is 14.5. The molecule has 32 heavy (non-hydrogen) atoms. The smallest absolute Gasteiger partial charge is 0.170 e. The van der Waals surface area contributed by atoms with Crippen LogP contribution in [0.4, 0.5) is 0 Å². The molecule has 0 amide bonds. The van der Waals surface area contributed by atoms with E-state index in [0.29, 0.717) is 0 Å². The molecular weight excluding hydrogens is 420 g/mol. The second-order valence-electron chi connectivity index (χ2n) is 8.20. The lowest BCUT2D eigenvalue weighted by atomic mass is 10.0. The fourth-order valence-electron chi connectivity index (χ4n) is 4.57. The monoisotopic (exact) mass is 448 g/mol. The number of thiocarbonyl (C=S) groups is 1. The summed E-state index contributed by atoms with van der Waals surface area (Å²) in [7, 11) is 0. The topological polar surface area (TPSA) is 58.5 Å². The van der Waals surface area contributed by atoms with E-state index in [0.717, 1.165) is 56.7 Å². The minimum absolute atomic E-state index is 0.00376. The molecular formula is C24H28N6OS. The zero-order valence-corrected chi connectivity index (χ0v) is 18.8. The Bertz CT molecular complexity index is 1020. The van der Waals surface area contributed by atoms with E-state index < -0.39 is 0 Å². The van der Waals surface area contributed by atoms with E-state index in [1.54, 1.807) is 0 Å². The van der Waals surface area contributed by atoms with Gasteiger partial charge in [0.15, 0.2) is 5.11 Å². The Morgan fingerprint density at radius 2 is 1.94 bits per heavy atom. The average Bonchev–Trinajstić information content (AvgIpc) is 3.43. The first-order valence-corrected chi connectivity index (χ1v) is 11.5. The highest BCUT2D eigenvalue weighted by molar-refractivity contribution is 7.80. The largest absolute Gasteiger partial charge is 0.379 e. The lowest BCUT2D eigenvalue weighted by Crippen LogP contribution is -2.42. The molecule has 0 saturated carbocycles. The number of rotatable bonds is 7. The number of morpholine rings is 1. The van der Waals surface area contributed by atoms with Crippen LogP contribution in [0.15, 0.2) is 67.3 Å². The van der Waals surface area contributed by atoms with Gasteiger partial charge in [0.25, 0.3) is 0 Å². The van der Waals surface area contributed by atoms with Crippen LogP contribution in [0.3, 0.4) is 0 Å². The van der Waals surface area contributed by atoms with E-state index in [1.165, 1.54) is 11.3 Å². The van der Waals surface area contributed by atoms with Crippen molar-refractivity contribution in [3.05, 3.63) is 84.2 Å². The summed E-state index contributed by atoms with van der Waals surface area (Å²) in [4.78, 5) is 13.7. The standard InChI is InChI=1S/C24H28N6OS/c32-24-27-22(20-6-1-2-9-26-20)23(30(24)12-11-28-13-15-31-16-14-28)21-7-4-10-29(21)18-19-5-3-8-25-17-19/h1-10,17,22-23H,11-16,18H2,(H,27,32)/t22-,23+/m1/s1. The van der Waals surface area contributed by atoms with E-state index >= 15 is 0 Å². The quantitative estimate of drug-likeness (QED) is 0.558. The van der Waals surface area contributed by atoms with Crippen molar-refractivity contribution in [2.45, 2.75) is 18.6 Å². The van der Waals surface area contributed by atoms with Crippen molar-refractivity contribution in [2.24, 2.45) is 0 Å². The molecule has 0 aromatic carbocycles. The molecule has 0 spiro atoms. The zero-order valence-electron chi connectivity index (χ0n) is 18.0. The molecule has 2 aliphatic heterocycles. The number of nitrogens with zero attached hydrogens (tertiary/aromatic N) is 5. The Kier molecular flexibility index (Phi) is 6.43. The second kappa shape index (κ2) is 9.77. The molecule has 0 unspecified atom stereocenters. The van der Waals surface area contributed by atoms with Crippen LogP contribution in [0.25, 0.3) is 0 Å². The Morgan fingerprint density at radius 1 is 1.03 bits per heavy atom. The van der Waals surface area contributed by atoms with Crippen molar-refractivity contribution >= 4 is 17.3 Å². The van der Waals surface area contributed by atoms with Crippen molar-refractivity contribution in [2.75, 3.05) is 39.4 Å². The first-order chi connectivity index (χ1) is 15.8. The molecule has 2 saturated heterocycles. The van der Waals surface area contributed by atoms with Crippen LogP contribution >= 0.6 is 12.2 Å². The van der Waals surface area contributed by atoms with E-state index in [2.05, 4.69) is 60.1 Å². The lowest BCUT2D eigenvalue weighted by Gasteiger charge is -2.32. The Labute approximate surface area is 194 Å². The molecule has 3 aromatic heterocycles. The number of nitrogens with one attached hydrogen (secondary N) is 1. The van der Waals surface area contributed by atoms with Crippen molar-refractivity contribution < 1.29 is 4.74 Å². The van der Waals surface area contributed by atoms with Gasteiger partial charge in [0.1, 0.15) is 0 Å². The molecule has 7 nitrogen and oxygen atoms in total. The molecule has 5 heterocycles. The number of aromatic nitrogens is 3. The first-order valence-electron chi connectivity index (χ1n) is 11.1. The zero-order chi connectivity index (χ0) is 21.8. The number of ether oxygens (including phenoxy) is 1. The summed E-state index contributed by atoms with van der Waals surface area (Å²) in [5.74, 6) is 0.